The first kappa shape index (κ1) is 11.1. The van der Waals surface area contributed by atoms with Crippen LogP contribution in [0.4, 0.5) is 0 Å². The van der Waals surface area contributed by atoms with Gasteiger partial charge in [-0.2, -0.15) is 0 Å². The third-order valence-corrected chi connectivity index (χ3v) is 2.68. The van der Waals surface area contributed by atoms with Gasteiger partial charge >= 0.3 is 0 Å². The van der Waals surface area contributed by atoms with E-state index in [0.717, 1.165) is 16.9 Å². The van der Waals surface area contributed by atoms with Gasteiger partial charge in [-0.1, -0.05) is 28.9 Å². The van der Waals surface area contributed by atoms with E-state index in [1.165, 1.54) is 0 Å². The number of aryl methyl sites for hydroxylation is 1. The molecule has 0 atom stereocenters. The maximum Gasteiger partial charge on any atom is 0.0882 e. The largest absolute Gasteiger partial charge is 0.314 e. The molecule has 2 rings (SSSR count). The molecule has 0 saturated carbocycles. The average Bonchev–Trinajstić information content (AvgIpc) is 2.67. The Morgan fingerprint density at radius 2 is 2.25 bits per heavy atom. The van der Waals surface area contributed by atoms with E-state index in [-0.39, 0.29) is 0 Å². The van der Waals surface area contributed by atoms with Gasteiger partial charge in [0.05, 0.1) is 22.6 Å². The van der Waals surface area contributed by atoms with Crippen LogP contribution in [0.25, 0.3) is 5.69 Å². The summed E-state index contributed by atoms with van der Waals surface area (Å²) in [5, 5.41) is 11.7. The second-order valence-corrected chi connectivity index (χ2v) is 3.98. The predicted molar refractivity (Wildman–Crippen MR) is 63.9 cm³/mol. The topological polar surface area (TPSA) is 42.7 Å². The Morgan fingerprint density at radius 3 is 2.94 bits per heavy atom. The monoisotopic (exact) mass is 236 g/mol. The molecule has 0 bridgehead atoms. The summed E-state index contributed by atoms with van der Waals surface area (Å²) in [6.07, 6.45) is 1.74. The summed E-state index contributed by atoms with van der Waals surface area (Å²) in [7, 11) is 1.89. The highest BCUT2D eigenvalue weighted by Gasteiger charge is 2.11. The SMILES string of the molecule is CNCc1cnnn1-c1c(C)cccc1Cl. The lowest BCUT2D eigenvalue weighted by Gasteiger charge is -2.10. The van der Waals surface area contributed by atoms with Gasteiger partial charge in [0.2, 0.25) is 0 Å². The first-order valence-corrected chi connectivity index (χ1v) is 5.41. The van der Waals surface area contributed by atoms with Gasteiger partial charge in [0.15, 0.2) is 0 Å². The molecule has 0 spiro atoms. The Bertz CT molecular complexity index is 472. The maximum atomic E-state index is 6.18. The van der Waals surface area contributed by atoms with Crippen molar-refractivity contribution in [3.63, 3.8) is 0 Å². The molecular formula is C11H13ClN4. The minimum atomic E-state index is 0.683. The Morgan fingerprint density at radius 1 is 1.44 bits per heavy atom. The highest BCUT2D eigenvalue weighted by Crippen LogP contribution is 2.24. The van der Waals surface area contributed by atoms with Crippen LogP contribution in [0.15, 0.2) is 24.4 Å². The fraction of sp³-hybridized carbons (Fsp3) is 0.273. The third kappa shape index (κ3) is 1.94. The molecule has 0 amide bonds. The highest BCUT2D eigenvalue weighted by atomic mass is 35.5. The molecule has 1 N–H and O–H groups in total. The van der Waals surface area contributed by atoms with Crippen LogP contribution in [0.2, 0.25) is 5.02 Å². The molecule has 84 valence electrons. The quantitative estimate of drug-likeness (QED) is 0.886. The van der Waals surface area contributed by atoms with E-state index in [4.69, 9.17) is 11.6 Å². The van der Waals surface area contributed by atoms with Gasteiger partial charge in [0.1, 0.15) is 0 Å². The van der Waals surface area contributed by atoms with E-state index < -0.39 is 0 Å². The summed E-state index contributed by atoms with van der Waals surface area (Å²) in [6.45, 7) is 2.71. The molecule has 16 heavy (non-hydrogen) atoms. The second kappa shape index (κ2) is 4.63. The Balaban J connectivity index is 2.54. The minimum absolute atomic E-state index is 0.683. The molecule has 0 radical (unpaired) electrons. The van der Waals surface area contributed by atoms with Crippen molar-refractivity contribution in [1.82, 2.24) is 20.3 Å². The second-order valence-electron chi connectivity index (χ2n) is 3.57. The molecule has 0 aliphatic heterocycles. The molecule has 4 nitrogen and oxygen atoms in total. The molecule has 0 aliphatic rings. The first-order valence-electron chi connectivity index (χ1n) is 5.03. The molecule has 1 aromatic carbocycles. The van der Waals surface area contributed by atoms with E-state index in [2.05, 4.69) is 15.6 Å². The van der Waals surface area contributed by atoms with Crippen molar-refractivity contribution in [1.29, 1.82) is 0 Å². The molecule has 1 heterocycles. The molecule has 1 aromatic heterocycles. The predicted octanol–water partition coefficient (Wildman–Crippen LogP) is 1.95. The van der Waals surface area contributed by atoms with Crippen LogP contribution in [0.1, 0.15) is 11.3 Å². The molecule has 0 fully saturated rings. The van der Waals surface area contributed by atoms with Crippen LogP contribution in [0.3, 0.4) is 0 Å². The molecule has 2 aromatic rings. The fourth-order valence-electron chi connectivity index (χ4n) is 1.64. The lowest BCUT2D eigenvalue weighted by molar-refractivity contribution is 0.712. The van der Waals surface area contributed by atoms with Crippen LogP contribution in [-0.2, 0) is 6.54 Å². The smallest absolute Gasteiger partial charge is 0.0882 e. The summed E-state index contributed by atoms with van der Waals surface area (Å²) >= 11 is 6.18. The summed E-state index contributed by atoms with van der Waals surface area (Å²) in [5.41, 5.74) is 2.96. The van der Waals surface area contributed by atoms with Gasteiger partial charge in [-0.05, 0) is 25.6 Å². The molecule has 5 heteroatoms. The van der Waals surface area contributed by atoms with E-state index in [1.54, 1.807) is 10.9 Å². The zero-order valence-corrected chi connectivity index (χ0v) is 9.99. The Kier molecular flexibility index (Phi) is 3.22. The van der Waals surface area contributed by atoms with Gasteiger partial charge in [0, 0.05) is 6.54 Å². The summed E-state index contributed by atoms with van der Waals surface area (Å²) < 4.78 is 1.77. The third-order valence-electron chi connectivity index (χ3n) is 2.38. The van der Waals surface area contributed by atoms with Gasteiger partial charge in [-0.15, -0.1) is 5.10 Å². The number of benzene rings is 1. The van der Waals surface area contributed by atoms with E-state index >= 15 is 0 Å². The Hall–Kier alpha value is -1.39. The molecule has 0 aliphatic carbocycles. The van der Waals surface area contributed by atoms with Crippen molar-refractivity contribution >= 4 is 11.6 Å². The van der Waals surface area contributed by atoms with Gasteiger partial charge in [-0.25, -0.2) is 4.68 Å². The fourth-order valence-corrected chi connectivity index (χ4v) is 1.94. The van der Waals surface area contributed by atoms with Gasteiger partial charge in [-0.3, -0.25) is 0 Å². The van der Waals surface area contributed by atoms with Crippen LogP contribution in [0, 0.1) is 6.92 Å². The number of para-hydroxylation sites is 1. The molecule has 0 unspecified atom stereocenters. The highest BCUT2D eigenvalue weighted by molar-refractivity contribution is 6.32. The lowest BCUT2D eigenvalue weighted by Crippen LogP contribution is -2.12. The number of hydrogen-bond acceptors (Lipinski definition) is 3. The van der Waals surface area contributed by atoms with Crippen molar-refractivity contribution in [2.75, 3.05) is 7.05 Å². The van der Waals surface area contributed by atoms with Crippen molar-refractivity contribution in [2.24, 2.45) is 0 Å². The number of halogens is 1. The van der Waals surface area contributed by atoms with Crippen molar-refractivity contribution in [2.45, 2.75) is 13.5 Å². The van der Waals surface area contributed by atoms with Crippen LogP contribution < -0.4 is 5.32 Å². The van der Waals surface area contributed by atoms with Crippen LogP contribution in [0.5, 0.6) is 0 Å². The van der Waals surface area contributed by atoms with Crippen LogP contribution >= 0.6 is 11.6 Å². The first-order chi connectivity index (χ1) is 7.74. The standard InChI is InChI=1S/C11H13ClN4/c1-8-4-3-5-10(12)11(8)16-9(6-13-2)7-14-15-16/h3-5,7,13H,6H2,1-2H3. The van der Waals surface area contributed by atoms with E-state index in [9.17, 15) is 0 Å². The zero-order valence-electron chi connectivity index (χ0n) is 9.24. The summed E-state index contributed by atoms with van der Waals surface area (Å²) in [4.78, 5) is 0. The zero-order chi connectivity index (χ0) is 11.5. The van der Waals surface area contributed by atoms with Crippen LogP contribution in [-0.4, -0.2) is 22.0 Å². The number of hydrogen-bond donors (Lipinski definition) is 1. The maximum absolute atomic E-state index is 6.18. The van der Waals surface area contributed by atoms with Gasteiger partial charge in [0.25, 0.3) is 0 Å². The minimum Gasteiger partial charge on any atom is -0.314 e. The Labute approximate surface area is 99.2 Å². The number of nitrogens with one attached hydrogen (secondary N) is 1. The van der Waals surface area contributed by atoms with Crippen molar-refractivity contribution in [3.05, 3.63) is 40.7 Å². The molecule has 0 saturated heterocycles. The number of aromatic nitrogens is 3. The van der Waals surface area contributed by atoms with Gasteiger partial charge < -0.3 is 5.32 Å². The molecular weight excluding hydrogens is 224 g/mol. The number of rotatable bonds is 3. The normalized spacial score (nSPS) is 10.7. The lowest BCUT2D eigenvalue weighted by atomic mass is 10.2. The van der Waals surface area contributed by atoms with E-state index in [0.29, 0.717) is 11.6 Å². The van der Waals surface area contributed by atoms with Crippen molar-refractivity contribution < 1.29 is 0 Å². The summed E-state index contributed by atoms with van der Waals surface area (Å²) in [5.74, 6) is 0. The van der Waals surface area contributed by atoms with E-state index in [1.807, 2.05) is 32.2 Å². The number of nitrogens with zero attached hydrogens (tertiary/aromatic N) is 3. The van der Waals surface area contributed by atoms with Crippen molar-refractivity contribution in [3.8, 4) is 5.69 Å². The summed E-state index contributed by atoms with van der Waals surface area (Å²) in [6, 6.07) is 5.79. The average molecular weight is 237 g/mol.